The van der Waals surface area contributed by atoms with Gasteiger partial charge < -0.3 is 8.92 Å². The fourth-order valence-electron chi connectivity index (χ4n) is 2.21. The van der Waals surface area contributed by atoms with Gasteiger partial charge >= 0.3 is 0 Å². The molecule has 1 aliphatic heterocycles. The molecule has 4 heteroatoms. The number of hydrogen-bond acceptors (Lipinski definition) is 4. The van der Waals surface area contributed by atoms with E-state index in [0.717, 1.165) is 10.5 Å². The second-order valence-electron chi connectivity index (χ2n) is 4.61. The lowest BCUT2D eigenvalue weighted by Gasteiger charge is -2.19. The number of Topliss-reactive ketones (excluding diaryl/α,β-unsaturated/α-hetero) is 1. The standard InChI is InChI=1S/C17H14O3S/c1-19-21-14-7-8-16-15(10-14)17(18)13(11-20-16)9-12-5-3-2-4-6-12/h2-10H,11H2,1H3. The number of ether oxygens (including phenoxy) is 1. The summed E-state index contributed by atoms with van der Waals surface area (Å²) in [7, 11) is 1.60. The van der Waals surface area contributed by atoms with E-state index in [0.29, 0.717) is 23.5 Å². The molecule has 0 bridgehead atoms. The molecule has 0 aromatic heterocycles. The lowest BCUT2D eigenvalue weighted by atomic mass is 9.98. The molecule has 3 rings (SSSR count). The molecule has 106 valence electrons. The summed E-state index contributed by atoms with van der Waals surface area (Å²) in [5.74, 6) is 0.643. The van der Waals surface area contributed by atoms with Crippen molar-refractivity contribution in [1.29, 1.82) is 0 Å². The molecule has 0 amide bonds. The molecule has 0 radical (unpaired) electrons. The van der Waals surface area contributed by atoms with Gasteiger partial charge in [-0.3, -0.25) is 4.79 Å². The molecule has 2 aromatic carbocycles. The van der Waals surface area contributed by atoms with Gasteiger partial charge in [0, 0.05) is 22.5 Å². The van der Waals surface area contributed by atoms with Crippen molar-refractivity contribution in [3.63, 3.8) is 0 Å². The third-order valence-corrected chi connectivity index (χ3v) is 3.80. The number of carbonyl (C=O) groups excluding carboxylic acids is 1. The summed E-state index contributed by atoms with van der Waals surface area (Å²) >= 11 is 1.23. The van der Waals surface area contributed by atoms with Crippen molar-refractivity contribution >= 4 is 23.9 Å². The van der Waals surface area contributed by atoms with Gasteiger partial charge in [0.2, 0.25) is 0 Å². The minimum absolute atomic E-state index is 0.0126. The summed E-state index contributed by atoms with van der Waals surface area (Å²) in [6, 6.07) is 15.3. The molecule has 0 atom stereocenters. The van der Waals surface area contributed by atoms with Crippen LogP contribution in [0, 0.1) is 0 Å². The highest BCUT2D eigenvalue weighted by Gasteiger charge is 2.23. The van der Waals surface area contributed by atoms with Gasteiger partial charge in [0.1, 0.15) is 12.4 Å². The van der Waals surface area contributed by atoms with E-state index in [1.54, 1.807) is 7.11 Å². The molecule has 0 spiro atoms. The summed E-state index contributed by atoms with van der Waals surface area (Å²) in [5, 5.41) is 0. The van der Waals surface area contributed by atoms with Crippen LogP contribution in [0.4, 0.5) is 0 Å². The molecular weight excluding hydrogens is 284 g/mol. The van der Waals surface area contributed by atoms with Crippen LogP contribution in [0.25, 0.3) is 6.08 Å². The number of ketones is 1. The summed E-state index contributed by atoms with van der Waals surface area (Å²) in [5.41, 5.74) is 2.24. The second-order valence-corrected chi connectivity index (χ2v) is 5.58. The first kappa shape index (κ1) is 13.9. The largest absolute Gasteiger partial charge is 0.488 e. The third-order valence-electron chi connectivity index (χ3n) is 3.19. The highest BCUT2D eigenvalue weighted by molar-refractivity contribution is 7.94. The Kier molecular flexibility index (Phi) is 4.08. The Hall–Kier alpha value is -2.04. The zero-order valence-corrected chi connectivity index (χ0v) is 12.4. The maximum absolute atomic E-state index is 12.6. The lowest BCUT2D eigenvalue weighted by Crippen LogP contribution is -2.19. The fourth-order valence-corrected chi connectivity index (χ4v) is 2.69. The van der Waals surface area contributed by atoms with Crippen LogP contribution in [-0.4, -0.2) is 19.5 Å². The van der Waals surface area contributed by atoms with Crippen molar-refractivity contribution in [3.05, 3.63) is 65.2 Å². The van der Waals surface area contributed by atoms with E-state index in [1.807, 2.05) is 54.6 Å². The Morgan fingerprint density at radius 2 is 2.00 bits per heavy atom. The minimum Gasteiger partial charge on any atom is -0.488 e. The maximum atomic E-state index is 12.6. The molecule has 0 saturated heterocycles. The SMILES string of the molecule is COSc1ccc2c(c1)C(=O)C(=Cc1ccccc1)CO2. The Balaban J connectivity index is 1.94. The normalized spacial score (nSPS) is 15.7. The Bertz CT molecular complexity index is 692. The lowest BCUT2D eigenvalue weighted by molar-refractivity contribution is 0.100. The molecule has 0 N–H and O–H groups in total. The number of carbonyl (C=O) groups is 1. The average molecular weight is 298 g/mol. The van der Waals surface area contributed by atoms with E-state index in [-0.39, 0.29) is 5.78 Å². The molecule has 0 aliphatic carbocycles. The van der Waals surface area contributed by atoms with Gasteiger partial charge in [-0.15, -0.1) is 0 Å². The van der Waals surface area contributed by atoms with Crippen LogP contribution in [0.2, 0.25) is 0 Å². The first-order valence-corrected chi connectivity index (χ1v) is 7.30. The van der Waals surface area contributed by atoms with Crippen LogP contribution in [0.5, 0.6) is 5.75 Å². The van der Waals surface area contributed by atoms with Gasteiger partial charge in [0.15, 0.2) is 5.78 Å². The summed E-state index contributed by atoms with van der Waals surface area (Å²) in [6.45, 7) is 0.303. The monoisotopic (exact) mass is 298 g/mol. The van der Waals surface area contributed by atoms with Crippen molar-refractivity contribution in [2.24, 2.45) is 0 Å². The van der Waals surface area contributed by atoms with Crippen LogP contribution in [0.3, 0.4) is 0 Å². The van der Waals surface area contributed by atoms with Crippen molar-refractivity contribution in [1.82, 2.24) is 0 Å². The van der Waals surface area contributed by atoms with Crippen LogP contribution < -0.4 is 4.74 Å². The van der Waals surface area contributed by atoms with Gasteiger partial charge in [-0.05, 0) is 29.8 Å². The molecule has 1 aliphatic rings. The van der Waals surface area contributed by atoms with E-state index in [4.69, 9.17) is 8.92 Å². The fraction of sp³-hybridized carbons (Fsp3) is 0.118. The topological polar surface area (TPSA) is 35.5 Å². The second kappa shape index (κ2) is 6.16. The number of benzene rings is 2. The zero-order chi connectivity index (χ0) is 14.7. The molecule has 21 heavy (non-hydrogen) atoms. The smallest absolute Gasteiger partial charge is 0.196 e. The van der Waals surface area contributed by atoms with Crippen molar-refractivity contribution < 1.29 is 13.7 Å². The summed E-state index contributed by atoms with van der Waals surface area (Å²) in [4.78, 5) is 13.5. The molecule has 2 aromatic rings. The molecule has 0 unspecified atom stereocenters. The van der Waals surface area contributed by atoms with Crippen LogP contribution >= 0.6 is 12.0 Å². The van der Waals surface area contributed by atoms with E-state index < -0.39 is 0 Å². The number of rotatable bonds is 3. The Morgan fingerprint density at radius 3 is 2.76 bits per heavy atom. The Labute approximate surface area is 127 Å². The minimum atomic E-state index is 0.0126. The zero-order valence-electron chi connectivity index (χ0n) is 11.5. The van der Waals surface area contributed by atoms with Gasteiger partial charge in [-0.25, -0.2) is 0 Å². The van der Waals surface area contributed by atoms with Crippen LogP contribution in [0.15, 0.2) is 59.0 Å². The summed E-state index contributed by atoms with van der Waals surface area (Å²) in [6.07, 6.45) is 1.88. The Morgan fingerprint density at radius 1 is 1.19 bits per heavy atom. The molecule has 1 heterocycles. The van der Waals surface area contributed by atoms with Crippen molar-refractivity contribution in [3.8, 4) is 5.75 Å². The number of fused-ring (bicyclic) bond motifs is 1. The summed E-state index contributed by atoms with van der Waals surface area (Å²) < 4.78 is 10.7. The van der Waals surface area contributed by atoms with Gasteiger partial charge in [0.25, 0.3) is 0 Å². The molecule has 3 nitrogen and oxygen atoms in total. The molecule has 0 saturated carbocycles. The highest BCUT2D eigenvalue weighted by Crippen LogP contribution is 2.32. The maximum Gasteiger partial charge on any atom is 0.196 e. The first-order chi connectivity index (χ1) is 10.3. The van der Waals surface area contributed by atoms with E-state index in [1.165, 1.54) is 12.0 Å². The van der Waals surface area contributed by atoms with Gasteiger partial charge in [-0.1, -0.05) is 30.3 Å². The van der Waals surface area contributed by atoms with E-state index in [9.17, 15) is 4.79 Å². The van der Waals surface area contributed by atoms with Crippen molar-refractivity contribution in [2.75, 3.05) is 13.7 Å². The number of hydrogen-bond donors (Lipinski definition) is 0. The van der Waals surface area contributed by atoms with E-state index in [2.05, 4.69) is 0 Å². The van der Waals surface area contributed by atoms with Crippen LogP contribution in [-0.2, 0) is 4.18 Å². The molecular formula is C17H14O3S. The van der Waals surface area contributed by atoms with Gasteiger partial charge in [0.05, 0.1) is 12.7 Å². The van der Waals surface area contributed by atoms with Gasteiger partial charge in [-0.2, -0.15) is 0 Å². The first-order valence-electron chi connectivity index (χ1n) is 6.56. The average Bonchev–Trinajstić information content (AvgIpc) is 2.52. The predicted octanol–water partition coefficient (Wildman–Crippen LogP) is 4.00. The quantitative estimate of drug-likeness (QED) is 0.634. The third kappa shape index (κ3) is 3.01. The van der Waals surface area contributed by atoms with E-state index >= 15 is 0 Å². The van der Waals surface area contributed by atoms with Crippen molar-refractivity contribution in [2.45, 2.75) is 4.90 Å². The highest BCUT2D eigenvalue weighted by atomic mass is 32.2. The van der Waals surface area contributed by atoms with Crippen LogP contribution in [0.1, 0.15) is 15.9 Å². The predicted molar refractivity (Wildman–Crippen MR) is 83.6 cm³/mol. The molecule has 0 fully saturated rings.